The van der Waals surface area contributed by atoms with Gasteiger partial charge in [0.15, 0.2) is 0 Å². The third-order valence-corrected chi connectivity index (χ3v) is 2.39. The first-order valence-electron chi connectivity index (χ1n) is 3.81. The van der Waals surface area contributed by atoms with Gasteiger partial charge in [-0.25, -0.2) is 4.79 Å². The molecule has 1 aromatic heterocycles. The van der Waals surface area contributed by atoms with E-state index in [-0.39, 0.29) is 10.6 Å². The largest absolute Gasteiger partial charge is 0.465 e. The maximum absolute atomic E-state index is 11.9. The Morgan fingerprint density at radius 3 is 2.73 bits per heavy atom. The zero-order valence-electron chi connectivity index (χ0n) is 7.62. The van der Waals surface area contributed by atoms with Crippen LogP contribution >= 0.6 is 11.3 Å². The molecule has 1 rings (SSSR count). The molecule has 15 heavy (non-hydrogen) atoms. The summed E-state index contributed by atoms with van der Waals surface area (Å²) in [6, 6.07) is 1.36. The maximum Gasteiger partial charge on any atom is 0.350 e. The SMILES string of the molecule is COC(=O)c1sccc1NC(=O)C(F)F. The third kappa shape index (κ3) is 2.72. The average molecular weight is 235 g/mol. The predicted molar refractivity (Wildman–Crippen MR) is 50.3 cm³/mol. The van der Waals surface area contributed by atoms with E-state index in [1.54, 1.807) is 0 Å². The van der Waals surface area contributed by atoms with Crippen LogP contribution in [0.2, 0.25) is 0 Å². The number of halogens is 2. The molecule has 4 nitrogen and oxygen atoms in total. The summed E-state index contributed by atoms with van der Waals surface area (Å²) >= 11 is 1.00. The van der Waals surface area contributed by atoms with Gasteiger partial charge in [0.25, 0.3) is 5.91 Å². The van der Waals surface area contributed by atoms with E-state index in [9.17, 15) is 18.4 Å². The third-order valence-electron chi connectivity index (χ3n) is 1.49. The Hall–Kier alpha value is -1.50. The molecule has 0 unspecified atom stereocenters. The molecule has 0 aliphatic carbocycles. The van der Waals surface area contributed by atoms with Crippen LogP contribution in [0.4, 0.5) is 14.5 Å². The van der Waals surface area contributed by atoms with Crippen LogP contribution in [0.5, 0.6) is 0 Å². The highest BCUT2D eigenvalue weighted by molar-refractivity contribution is 7.12. The van der Waals surface area contributed by atoms with Gasteiger partial charge >= 0.3 is 12.4 Å². The van der Waals surface area contributed by atoms with Crippen LogP contribution < -0.4 is 5.32 Å². The lowest BCUT2D eigenvalue weighted by Gasteiger charge is -2.03. The number of alkyl halides is 2. The van der Waals surface area contributed by atoms with Gasteiger partial charge in [-0.1, -0.05) is 0 Å². The number of anilines is 1. The molecule has 0 aromatic carbocycles. The van der Waals surface area contributed by atoms with Crippen LogP contribution in [0.15, 0.2) is 11.4 Å². The number of carbonyl (C=O) groups excluding carboxylic acids is 2. The fraction of sp³-hybridized carbons (Fsp3) is 0.250. The molecule has 0 fully saturated rings. The molecule has 0 saturated heterocycles. The van der Waals surface area contributed by atoms with Gasteiger partial charge in [-0.05, 0) is 11.4 Å². The number of amides is 1. The summed E-state index contributed by atoms with van der Waals surface area (Å²) in [5.74, 6) is -2.12. The highest BCUT2D eigenvalue weighted by Gasteiger charge is 2.20. The summed E-state index contributed by atoms with van der Waals surface area (Å²) < 4.78 is 28.2. The molecule has 1 N–H and O–H groups in total. The van der Waals surface area contributed by atoms with Crippen molar-refractivity contribution in [2.45, 2.75) is 6.43 Å². The van der Waals surface area contributed by atoms with Crippen LogP contribution in [-0.2, 0) is 9.53 Å². The molecule has 0 radical (unpaired) electrons. The van der Waals surface area contributed by atoms with Gasteiger partial charge in [-0.2, -0.15) is 8.78 Å². The van der Waals surface area contributed by atoms with Crippen molar-refractivity contribution in [1.29, 1.82) is 0 Å². The summed E-state index contributed by atoms with van der Waals surface area (Å²) in [4.78, 5) is 21.9. The van der Waals surface area contributed by atoms with Crippen LogP contribution in [0, 0.1) is 0 Å². The van der Waals surface area contributed by atoms with Crippen molar-refractivity contribution >= 4 is 28.9 Å². The number of methoxy groups -OCH3 is 1. The van der Waals surface area contributed by atoms with E-state index in [1.807, 2.05) is 5.32 Å². The molecule has 1 aromatic rings. The quantitative estimate of drug-likeness (QED) is 0.812. The van der Waals surface area contributed by atoms with Gasteiger partial charge in [-0.3, -0.25) is 4.79 Å². The summed E-state index contributed by atoms with van der Waals surface area (Å²) in [7, 11) is 1.17. The summed E-state index contributed by atoms with van der Waals surface area (Å²) in [5.41, 5.74) is 0.0390. The number of carbonyl (C=O) groups is 2. The fourth-order valence-corrected chi connectivity index (χ4v) is 1.61. The first-order chi connectivity index (χ1) is 7.06. The van der Waals surface area contributed by atoms with Gasteiger partial charge in [0, 0.05) is 0 Å². The van der Waals surface area contributed by atoms with E-state index < -0.39 is 18.3 Å². The van der Waals surface area contributed by atoms with E-state index in [4.69, 9.17) is 0 Å². The van der Waals surface area contributed by atoms with Crippen molar-refractivity contribution in [3.8, 4) is 0 Å². The second-order valence-electron chi connectivity index (χ2n) is 2.44. The van der Waals surface area contributed by atoms with Crippen molar-refractivity contribution in [3.63, 3.8) is 0 Å². The maximum atomic E-state index is 11.9. The topological polar surface area (TPSA) is 55.4 Å². The summed E-state index contributed by atoms with van der Waals surface area (Å²) in [6.07, 6.45) is -3.12. The van der Waals surface area contributed by atoms with Crippen molar-refractivity contribution in [1.82, 2.24) is 0 Å². The lowest BCUT2D eigenvalue weighted by molar-refractivity contribution is -0.126. The molecule has 82 valence electrons. The summed E-state index contributed by atoms with van der Waals surface area (Å²) in [5, 5.41) is 3.42. The van der Waals surface area contributed by atoms with Crippen LogP contribution in [-0.4, -0.2) is 25.4 Å². The minimum absolute atomic E-state index is 0.0390. The van der Waals surface area contributed by atoms with Gasteiger partial charge in [-0.15, -0.1) is 11.3 Å². The van der Waals surface area contributed by atoms with Crippen LogP contribution in [0.3, 0.4) is 0 Å². The molecule has 7 heteroatoms. The molecule has 1 heterocycles. The number of rotatable bonds is 3. The lowest BCUT2D eigenvalue weighted by atomic mass is 10.4. The second kappa shape index (κ2) is 4.83. The Balaban J connectivity index is 2.82. The Kier molecular flexibility index (Phi) is 3.73. The number of hydrogen-bond donors (Lipinski definition) is 1. The normalized spacial score (nSPS) is 10.1. The lowest BCUT2D eigenvalue weighted by Crippen LogP contribution is -2.21. The van der Waals surface area contributed by atoms with E-state index in [0.29, 0.717) is 0 Å². The molecule has 0 bridgehead atoms. The Labute approximate surface area is 87.8 Å². The first-order valence-corrected chi connectivity index (χ1v) is 4.69. The minimum atomic E-state index is -3.12. The Bertz CT molecular complexity index is 378. The second-order valence-corrected chi connectivity index (χ2v) is 3.36. The van der Waals surface area contributed by atoms with Crippen molar-refractivity contribution < 1.29 is 23.1 Å². The van der Waals surface area contributed by atoms with E-state index >= 15 is 0 Å². The highest BCUT2D eigenvalue weighted by atomic mass is 32.1. The number of hydrogen-bond acceptors (Lipinski definition) is 4. The van der Waals surface area contributed by atoms with Gasteiger partial charge in [0.2, 0.25) is 0 Å². The number of esters is 1. The zero-order valence-corrected chi connectivity index (χ0v) is 8.44. The molecular weight excluding hydrogens is 228 g/mol. The first kappa shape index (κ1) is 11.6. The molecule has 0 spiro atoms. The van der Waals surface area contributed by atoms with Gasteiger partial charge in [0.1, 0.15) is 4.88 Å². The highest BCUT2D eigenvalue weighted by Crippen LogP contribution is 2.23. The number of thiophene rings is 1. The molecule has 0 saturated carbocycles. The van der Waals surface area contributed by atoms with E-state index in [0.717, 1.165) is 11.3 Å². The molecule has 0 atom stereocenters. The van der Waals surface area contributed by atoms with Crippen LogP contribution in [0.1, 0.15) is 9.67 Å². The molecule has 0 aliphatic heterocycles. The van der Waals surface area contributed by atoms with E-state index in [1.165, 1.54) is 18.6 Å². The predicted octanol–water partition coefficient (Wildman–Crippen LogP) is 1.74. The van der Waals surface area contributed by atoms with Crippen molar-refractivity contribution in [3.05, 3.63) is 16.3 Å². The fourth-order valence-electron chi connectivity index (χ4n) is 0.846. The minimum Gasteiger partial charge on any atom is -0.465 e. The Morgan fingerprint density at radius 1 is 1.53 bits per heavy atom. The average Bonchev–Trinajstić information content (AvgIpc) is 2.64. The van der Waals surface area contributed by atoms with Crippen molar-refractivity contribution in [2.24, 2.45) is 0 Å². The number of ether oxygens (including phenoxy) is 1. The molecule has 0 aliphatic rings. The Morgan fingerprint density at radius 2 is 2.20 bits per heavy atom. The molecule has 1 amide bonds. The van der Waals surface area contributed by atoms with Crippen LogP contribution in [0.25, 0.3) is 0 Å². The summed E-state index contributed by atoms with van der Waals surface area (Å²) in [6.45, 7) is 0. The van der Waals surface area contributed by atoms with Gasteiger partial charge < -0.3 is 10.1 Å². The van der Waals surface area contributed by atoms with Crippen molar-refractivity contribution in [2.75, 3.05) is 12.4 Å². The zero-order chi connectivity index (χ0) is 11.4. The smallest absolute Gasteiger partial charge is 0.350 e. The standard InChI is InChI=1S/C8H7F2NO3S/c1-14-8(13)5-4(2-3-15-5)11-7(12)6(9)10/h2-3,6H,1H3,(H,11,12). The van der Waals surface area contributed by atoms with Gasteiger partial charge in [0.05, 0.1) is 12.8 Å². The monoisotopic (exact) mass is 235 g/mol. The number of nitrogens with one attached hydrogen (secondary N) is 1. The molecular formula is C8H7F2NO3S. The van der Waals surface area contributed by atoms with E-state index in [2.05, 4.69) is 4.74 Å².